The maximum absolute atomic E-state index is 14.4. The Labute approximate surface area is 432 Å². The zero-order chi connectivity index (χ0) is 52.3. The van der Waals surface area contributed by atoms with E-state index in [0.717, 1.165) is 45.8 Å². The second-order valence-corrected chi connectivity index (χ2v) is 23.1. The quantitative estimate of drug-likeness (QED) is 0.0377. The lowest BCUT2D eigenvalue weighted by Crippen LogP contribution is -2.38. The summed E-state index contributed by atoms with van der Waals surface area (Å²) in [4.78, 5) is 39.2. The predicted octanol–water partition coefficient (Wildman–Crippen LogP) is 9.59. The molecular formula is C52H56ClF3N4O10S3. The number of carboxylic acid groups (broad SMARTS) is 1. The van der Waals surface area contributed by atoms with Gasteiger partial charge in [-0.05, 0) is 134 Å². The fraction of sp³-hybridized carbons (Fsp3) is 0.365. The molecule has 2 aliphatic rings. The summed E-state index contributed by atoms with van der Waals surface area (Å²) in [6, 6.07) is 31.8. The van der Waals surface area contributed by atoms with Crippen LogP contribution in [0.1, 0.15) is 73.4 Å². The van der Waals surface area contributed by atoms with E-state index < -0.39 is 70.8 Å². The first-order chi connectivity index (χ1) is 34.8. The van der Waals surface area contributed by atoms with Crippen LogP contribution in [0.3, 0.4) is 0 Å². The molecule has 5 aromatic carbocycles. The van der Waals surface area contributed by atoms with E-state index in [4.69, 9.17) is 21.4 Å². The van der Waals surface area contributed by atoms with Crippen molar-refractivity contribution in [3.63, 3.8) is 0 Å². The van der Waals surface area contributed by atoms with Gasteiger partial charge in [0, 0.05) is 71.5 Å². The number of aliphatic hydroxyl groups is 1. The molecule has 2 fully saturated rings. The number of benzene rings is 5. The molecule has 0 aliphatic carbocycles. The zero-order valence-electron chi connectivity index (χ0n) is 39.5. The number of likely N-dealkylation sites (tertiary alicyclic amines) is 1. The maximum Gasteiger partial charge on any atom is 0.501 e. The Bertz CT molecular complexity index is 2930. The Morgan fingerprint density at radius 1 is 0.836 bits per heavy atom. The number of rotatable bonds is 22. The molecule has 3 atom stereocenters. The number of carbonyl (C=O) groups is 3. The molecule has 7 rings (SSSR count). The van der Waals surface area contributed by atoms with Crippen molar-refractivity contribution in [2.45, 2.75) is 89.7 Å². The van der Waals surface area contributed by atoms with E-state index in [1.54, 1.807) is 24.3 Å². The lowest BCUT2D eigenvalue weighted by atomic mass is 9.84. The van der Waals surface area contributed by atoms with Crippen LogP contribution in [0.15, 0.2) is 136 Å². The Balaban J connectivity index is 1.02. The molecule has 21 heteroatoms. The highest BCUT2D eigenvalue weighted by Crippen LogP contribution is 2.39. The predicted molar refractivity (Wildman–Crippen MR) is 274 cm³/mol. The fourth-order valence-electron chi connectivity index (χ4n) is 9.19. The highest BCUT2D eigenvalue weighted by Gasteiger charge is 2.48. The summed E-state index contributed by atoms with van der Waals surface area (Å²) in [6.45, 7) is 2.16. The van der Waals surface area contributed by atoms with Gasteiger partial charge in [0.1, 0.15) is 11.5 Å². The standard InChI is InChI=1S/C52H56ClF3N4O10S3/c53-38-19-15-35(16-20-38)44-11-4-5-12-45(44)50(64)36-25-28-60(29-26-36)40-21-17-37(18-22-40)51(65)58-73(68,69)43-23-24-46(47(33-43)72(66,67)52(54,55)56)57-39(34-71-42-9-2-1-3-10-42)32-41-8-7-27-59(41)30-31-70-49(63)14-6-13-48(61)62/h1-5,9-12,15-24,33,36,39,41,50,57,64H,6-8,13-14,25-32,34H2,(H,58,65)(H,61,62)/t39-,41+,50-/m1/s1. The molecule has 0 radical (unpaired) electrons. The van der Waals surface area contributed by atoms with Crippen molar-refractivity contribution < 1.29 is 59.3 Å². The molecule has 2 heterocycles. The number of carbonyl (C=O) groups excluding carboxylic acids is 2. The lowest BCUT2D eigenvalue weighted by molar-refractivity contribution is -0.144. The normalized spacial score (nSPS) is 16.7. The van der Waals surface area contributed by atoms with Gasteiger partial charge in [-0.1, -0.05) is 66.2 Å². The van der Waals surface area contributed by atoms with Crippen molar-refractivity contribution in [3.05, 3.63) is 137 Å². The van der Waals surface area contributed by atoms with Crippen molar-refractivity contribution >= 4 is 72.4 Å². The van der Waals surface area contributed by atoms with Gasteiger partial charge in [0.25, 0.3) is 25.8 Å². The molecule has 1 amide bonds. The third kappa shape index (κ3) is 14.6. The Morgan fingerprint density at radius 3 is 2.21 bits per heavy atom. The van der Waals surface area contributed by atoms with Crippen LogP contribution in [0.2, 0.25) is 5.02 Å². The van der Waals surface area contributed by atoms with Crippen LogP contribution in [-0.4, -0.2) is 106 Å². The smallest absolute Gasteiger partial charge is 0.481 e. The number of halogens is 4. The van der Waals surface area contributed by atoms with Crippen LogP contribution >= 0.6 is 23.4 Å². The van der Waals surface area contributed by atoms with E-state index in [0.29, 0.717) is 63.0 Å². The van der Waals surface area contributed by atoms with E-state index in [1.165, 1.54) is 23.9 Å². The minimum absolute atomic E-state index is 0.0286. The van der Waals surface area contributed by atoms with Gasteiger partial charge >= 0.3 is 17.4 Å². The number of amides is 1. The second-order valence-electron chi connectivity index (χ2n) is 18.0. The molecule has 0 unspecified atom stereocenters. The number of nitrogens with zero attached hydrogens (tertiary/aromatic N) is 2. The third-order valence-electron chi connectivity index (χ3n) is 13.0. The van der Waals surface area contributed by atoms with Crippen LogP contribution in [0.25, 0.3) is 11.1 Å². The van der Waals surface area contributed by atoms with Crippen molar-refractivity contribution in [2.24, 2.45) is 5.92 Å². The van der Waals surface area contributed by atoms with Gasteiger partial charge in [0.2, 0.25) is 0 Å². The first-order valence-corrected chi connectivity index (χ1v) is 28.1. The van der Waals surface area contributed by atoms with Crippen molar-refractivity contribution in [3.8, 4) is 11.1 Å². The average molecular weight is 1090 g/mol. The van der Waals surface area contributed by atoms with Gasteiger partial charge in [0.15, 0.2) is 0 Å². The summed E-state index contributed by atoms with van der Waals surface area (Å²) >= 11 is 7.49. The van der Waals surface area contributed by atoms with E-state index in [1.807, 2.05) is 71.5 Å². The maximum atomic E-state index is 14.4. The molecule has 14 nitrogen and oxygen atoms in total. The van der Waals surface area contributed by atoms with Crippen molar-refractivity contribution in [1.82, 2.24) is 9.62 Å². The molecule has 390 valence electrons. The topological polar surface area (TPSA) is 200 Å². The monoisotopic (exact) mass is 1080 g/mol. The fourth-order valence-corrected chi connectivity index (χ4v) is 12.3. The number of carboxylic acids is 1. The average Bonchev–Trinajstić information content (AvgIpc) is 3.81. The van der Waals surface area contributed by atoms with Gasteiger partial charge in [-0.25, -0.2) is 21.6 Å². The number of esters is 1. The number of sulfone groups is 1. The number of nitrogens with one attached hydrogen (secondary N) is 2. The summed E-state index contributed by atoms with van der Waals surface area (Å²) in [5, 5.41) is 24.0. The molecule has 2 saturated heterocycles. The summed E-state index contributed by atoms with van der Waals surface area (Å²) in [6.07, 6.45) is 2.26. The van der Waals surface area contributed by atoms with Crippen LogP contribution < -0.4 is 14.9 Å². The van der Waals surface area contributed by atoms with Crippen LogP contribution in [0.5, 0.6) is 0 Å². The summed E-state index contributed by atoms with van der Waals surface area (Å²) in [7, 11) is -11.1. The van der Waals surface area contributed by atoms with E-state index in [2.05, 4.69) is 15.1 Å². The number of hydrogen-bond acceptors (Lipinski definition) is 13. The first kappa shape index (κ1) is 55.1. The Hall–Kier alpha value is -5.64. The number of anilines is 2. The number of ether oxygens (including phenoxy) is 1. The Kier molecular flexibility index (Phi) is 18.6. The molecular weight excluding hydrogens is 1030 g/mol. The zero-order valence-corrected chi connectivity index (χ0v) is 42.8. The highest BCUT2D eigenvalue weighted by atomic mass is 35.5. The minimum Gasteiger partial charge on any atom is -0.481 e. The van der Waals surface area contributed by atoms with E-state index >= 15 is 0 Å². The van der Waals surface area contributed by atoms with Crippen molar-refractivity contribution in [1.29, 1.82) is 0 Å². The highest BCUT2D eigenvalue weighted by molar-refractivity contribution is 7.99. The number of sulfonamides is 1. The molecule has 5 aromatic rings. The van der Waals surface area contributed by atoms with Gasteiger partial charge in [-0.15, -0.1) is 11.8 Å². The number of alkyl halides is 3. The van der Waals surface area contributed by atoms with Crippen LogP contribution in [0.4, 0.5) is 24.5 Å². The van der Waals surface area contributed by atoms with Crippen molar-refractivity contribution in [2.75, 3.05) is 48.8 Å². The molecule has 2 aliphatic heterocycles. The van der Waals surface area contributed by atoms with Crippen LogP contribution in [-0.2, 0) is 34.2 Å². The van der Waals surface area contributed by atoms with E-state index in [9.17, 15) is 49.5 Å². The van der Waals surface area contributed by atoms with Gasteiger partial charge in [0.05, 0.1) is 16.7 Å². The lowest BCUT2D eigenvalue weighted by Gasteiger charge is -2.36. The molecule has 0 bridgehead atoms. The van der Waals surface area contributed by atoms with Crippen LogP contribution in [0, 0.1) is 5.92 Å². The number of aliphatic hydroxyl groups excluding tert-OH is 1. The summed E-state index contributed by atoms with van der Waals surface area (Å²) < 4.78 is 104. The number of aliphatic carboxylic acids is 1. The Morgan fingerprint density at radius 2 is 1.52 bits per heavy atom. The number of hydrogen-bond donors (Lipinski definition) is 4. The molecule has 0 aromatic heterocycles. The summed E-state index contributed by atoms with van der Waals surface area (Å²) in [5.41, 5.74) is -2.98. The summed E-state index contributed by atoms with van der Waals surface area (Å²) in [5.74, 6) is -2.44. The van der Waals surface area contributed by atoms with Gasteiger partial charge in [-0.2, -0.15) is 13.2 Å². The molecule has 4 N–H and O–H groups in total. The molecule has 73 heavy (non-hydrogen) atoms. The SMILES string of the molecule is O=C(O)CCCC(=O)OCCN1CCC[C@H]1C[C@H](CSc1ccccc1)Nc1ccc(S(=O)(=O)NC(=O)c2ccc(N3CCC([C@@H](O)c4ccccc4-c4ccc(Cl)cc4)CC3)cc2)cc1S(=O)(=O)C(F)(F)F. The van der Waals surface area contributed by atoms with Gasteiger partial charge < -0.3 is 25.2 Å². The van der Waals surface area contributed by atoms with Gasteiger partial charge in [-0.3, -0.25) is 19.3 Å². The minimum atomic E-state index is -6.17. The third-order valence-corrected chi connectivity index (χ3v) is 17.3. The second kappa shape index (κ2) is 24.6. The van der Waals surface area contributed by atoms with E-state index in [-0.39, 0.29) is 49.1 Å². The largest absolute Gasteiger partial charge is 0.501 e. The number of piperidine rings is 1. The first-order valence-electron chi connectivity index (χ1n) is 23.8. The number of thioether (sulfide) groups is 1. The molecule has 0 spiro atoms. The molecule has 0 saturated carbocycles.